The first-order valence-electron chi connectivity index (χ1n) is 7.31. The monoisotopic (exact) mass is 310 g/mol. The zero-order chi connectivity index (χ0) is 14.8. The van der Waals surface area contributed by atoms with Crippen molar-refractivity contribution in [2.24, 2.45) is 0 Å². The second kappa shape index (κ2) is 9.20. The molecule has 0 aliphatic heterocycles. The molecule has 116 valence electrons. The molecule has 0 amide bonds. The Kier molecular flexibility index (Phi) is 9.30. The number of thioether (sulfide) groups is 1. The molecule has 0 fully saturated rings. The van der Waals surface area contributed by atoms with Crippen molar-refractivity contribution in [1.82, 2.24) is 0 Å². The summed E-state index contributed by atoms with van der Waals surface area (Å²) in [6.07, 6.45) is 6.35. The predicted octanol–water partition coefficient (Wildman–Crippen LogP) is 3.85. The van der Waals surface area contributed by atoms with Crippen molar-refractivity contribution >= 4 is 24.6 Å². The van der Waals surface area contributed by atoms with Crippen LogP contribution >= 0.6 is 18.6 Å². The minimum atomic E-state index is -2.38. The maximum absolute atomic E-state index is 12.1. The summed E-state index contributed by atoms with van der Waals surface area (Å²) >= 11 is 1.69. The molecule has 0 saturated heterocycles. The fourth-order valence-electron chi connectivity index (χ4n) is 2.34. The average Bonchev–Trinajstić information content (AvgIpc) is 2.45. The summed E-state index contributed by atoms with van der Waals surface area (Å²) in [6, 6.07) is 0. The van der Waals surface area contributed by atoms with Crippen LogP contribution in [0.4, 0.5) is 0 Å². The summed E-state index contributed by atoms with van der Waals surface area (Å²) < 4.78 is 11.6. The van der Waals surface area contributed by atoms with Crippen molar-refractivity contribution in [1.29, 1.82) is 0 Å². The molecule has 5 heteroatoms. The summed E-state index contributed by atoms with van der Waals surface area (Å²) in [7, 11) is 0. The number of carbonyl (C=O) groups excluding carboxylic acids is 1. The third-order valence-corrected chi connectivity index (χ3v) is 11.7. The summed E-state index contributed by atoms with van der Waals surface area (Å²) in [5.74, 6) is 0.822. The first kappa shape index (κ1) is 19.2. The number of carbonyl (C=O) groups is 1. The molecule has 0 bridgehead atoms. The molecular weight excluding hydrogens is 279 g/mol. The Morgan fingerprint density at radius 2 is 1.68 bits per heavy atom. The van der Waals surface area contributed by atoms with Gasteiger partial charge in [0, 0.05) is 0 Å². The summed E-state index contributed by atoms with van der Waals surface area (Å²) in [6.45, 7) is 7.55. The Bertz CT molecular complexity index is 256. The molecule has 0 spiro atoms. The Morgan fingerprint density at radius 3 is 2.11 bits per heavy atom. The molecule has 0 aromatic heterocycles. The predicted molar refractivity (Wildman–Crippen MR) is 89.0 cm³/mol. The van der Waals surface area contributed by atoms with Crippen LogP contribution in [-0.4, -0.2) is 55.8 Å². The van der Waals surface area contributed by atoms with E-state index in [0.717, 1.165) is 37.0 Å². The van der Waals surface area contributed by atoms with Crippen LogP contribution in [0.2, 0.25) is 0 Å². The van der Waals surface area contributed by atoms with Crippen LogP contribution in [0.5, 0.6) is 0 Å². The van der Waals surface area contributed by atoms with E-state index >= 15 is 0 Å². The van der Waals surface area contributed by atoms with Crippen molar-refractivity contribution in [3.63, 3.8) is 0 Å². The van der Waals surface area contributed by atoms with E-state index in [0.29, 0.717) is 13.0 Å². The zero-order valence-electron chi connectivity index (χ0n) is 13.2. The molecule has 0 rings (SSSR count). The Hall–Kier alpha value is 0.210. The topological polar surface area (TPSA) is 35.5 Å². The van der Waals surface area contributed by atoms with Gasteiger partial charge in [-0.3, -0.25) is 0 Å². The Morgan fingerprint density at radius 1 is 1.11 bits per heavy atom. The van der Waals surface area contributed by atoms with E-state index in [4.69, 9.17) is 9.26 Å². The molecule has 0 N–H and O–H groups in total. The molecule has 0 atom stereocenters. The Labute approximate surface area is 123 Å². The first-order chi connectivity index (χ1) is 9.01. The van der Waals surface area contributed by atoms with E-state index in [2.05, 4.69) is 20.8 Å². The molecule has 0 saturated carbocycles. The van der Waals surface area contributed by atoms with Gasteiger partial charge in [0.05, 0.1) is 0 Å². The number of hydrogen-bond donors (Lipinski definition) is 0. The van der Waals surface area contributed by atoms with Crippen LogP contribution < -0.4 is 0 Å². The normalized spacial score (nSPS) is 13.8. The molecule has 0 aromatic carbocycles. The quantitative estimate of drug-likeness (QED) is 0.429. The van der Waals surface area contributed by atoms with Gasteiger partial charge in [0.25, 0.3) is 0 Å². The Balaban J connectivity index is 4.86. The van der Waals surface area contributed by atoms with Gasteiger partial charge in [-0.1, -0.05) is 0 Å². The molecule has 0 radical (unpaired) electrons. The zero-order valence-corrected chi connectivity index (χ0v) is 14.9. The summed E-state index contributed by atoms with van der Waals surface area (Å²) in [4.78, 5) is 12.1. The van der Waals surface area contributed by atoms with Crippen molar-refractivity contribution in [3.8, 4) is 0 Å². The van der Waals surface area contributed by atoms with Crippen molar-refractivity contribution in [2.75, 3.05) is 49.9 Å². The van der Waals surface area contributed by atoms with Crippen molar-refractivity contribution < 1.29 is 14.1 Å². The molecule has 0 unspecified atom stereocenters. The fourth-order valence-corrected chi connectivity index (χ4v) is 6.74. The van der Waals surface area contributed by atoms with Crippen LogP contribution in [0.3, 0.4) is 0 Å². The van der Waals surface area contributed by atoms with Gasteiger partial charge in [0.15, 0.2) is 0 Å². The van der Waals surface area contributed by atoms with Gasteiger partial charge in [-0.15, -0.1) is 0 Å². The molecule has 0 aromatic rings. The van der Waals surface area contributed by atoms with Crippen LogP contribution in [0, 0.1) is 0 Å². The molecule has 19 heavy (non-hydrogen) atoms. The number of rotatable bonds is 11. The number of hydrogen-bond acceptors (Lipinski definition) is 4. The van der Waals surface area contributed by atoms with E-state index in [1.165, 1.54) is 0 Å². The first-order valence-corrected chi connectivity index (χ1v) is 11.6. The van der Waals surface area contributed by atoms with Gasteiger partial charge in [-0.2, -0.15) is 0 Å². The molecular formula is C14H31O3PS. The van der Waals surface area contributed by atoms with E-state index in [9.17, 15) is 4.79 Å². The summed E-state index contributed by atoms with van der Waals surface area (Å²) in [5, 5.41) is 0. The second-order valence-corrected chi connectivity index (χ2v) is 12.2. The second-order valence-electron chi connectivity index (χ2n) is 4.93. The molecule has 0 aliphatic carbocycles. The van der Waals surface area contributed by atoms with E-state index in [1.54, 1.807) is 11.8 Å². The summed E-state index contributed by atoms with van der Waals surface area (Å²) in [5.41, 5.74) is 0. The molecule has 0 heterocycles. The van der Waals surface area contributed by atoms with Gasteiger partial charge in [-0.25, -0.2) is 0 Å². The van der Waals surface area contributed by atoms with Crippen LogP contribution in [0.15, 0.2) is 0 Å². The maximum atomic E-state index is 12.1. The third kappa shape index (κ3) is 5.61. The fraction of sp³-hybridized carbons (Fsp3) is 0.929. The van der Waals surface area contributed by atoms with Gasteiger partial charge < -0.3 is 0 Å². The van der Waals surface area contributed by atoms with Gasteiger partial charge in [-0.05, 0) is 0 Å². The average molecular weight is 310 g/mol. The SMILES string of the molecule is CCOCCP(CC)(CC)(CC)OC(=O)CCSC. The van der Waals surface area contributed by atoms with E-state index < -0.39 is 6.83 Å². The molecule has 0 aliphatic rings. The van der Waals surface area contributed by atoms with Gasteiger partial charge in [0.1, 0.15) is 0 Å². The minimum absolute atomic E-state index is 0.0194. The number of ether oxygens (including phenoxy) is 1. The van der Waals surface area contributed by atoms with Gasteiger partial charge in [0.2, 0.25) is 0 Å². The van der Waals surface area contributed by atoms with E-state index in [1.807, 2.05) is 13.2 Å². The third-order valence-electron chi connectivity index (χ3n) is 4.28. The van der Waals surface area contributed by atoms with Crippen molar-refractivity contribution in [2.45, 2.75) is 34.1 Å². The van der Waals surface area contributed by atoms with Crippen molar-refractivity contribution in [3.05, 3.63) is 0 Å². The van der Waals surface area contributed by atoms with Crippen LogP contribution in [-0.2, 0) is 14.1 Å². The van der Waals surface area contributed by atoms with E-state index in [-0.39, 0.29) is 5.97 Å². The van der Waals surface area contributed by atoms with Crippen LogP contribution in [0.25, 0.3) is 0 Å². The van der Waals surface area contributed by atoms with Crippen LogP contribution in [0.1, 0.15) is 34.1 Å². The standard InChI is InChI=1S/C14H31O3PS/c1-6-16-11-12-18(7-2,8-3,9-4)17-14(15)10-13-19-5/h6-13H2,1-5H3. The molecule has 3 nitrogen and oxygen atoms in total. The van der Waals surface area contributed by atoms with Gasteiger partial charge >= 0.3 is 123 Å².